The number of nitrogens with one attached hydrogen (secondary N) is 1. The smallest absolute Gasteiger partial charge is 0.108 e. The summed E-state index contributed by atoms with van der Waals surface area (Å²) in [4.78, 5) is 2.04. The molecule has 0 bridgehead atoms. The van der Waals surface area contributed by atoms with Gasteiger partial charge < -0.3 is 27.0 Å². The second-order valence-corrected chi connectivity index (χ2v) is 3.59. The zero-order chi connectivity index (χ0) is 13.1. The molecule has 1 rings (SSSR count). The lowest BCUT2D eigenvalue weighted by Crippen LogP contribution is -2.72. The summed E-state index contributed by atoms with van der Waals surface area (Å²) >= 11 is 0. The Morgan fingerprint density at radius 1 is 1.29 bits per heavy atom. The van der Waals surface area contributed by atoms with Crippen molar-refractivity contribution in [2.45, 2.75) is 0 Å². The summed E-state index contributed by atoms with van der Waals surface area (Å²) in [7, 11) is 5.96. The standard InChI is InChI=1S/C8H12N2.C4H11N3/c1-10(2)8-5-3-7(9)4-6-8;1-6-2-3-7-4-5/h3-6H,9H2,1-2H3;2-3,6-7H,4-5H2,1H3/p+1/b;3-2-. The average Bonchev–Trinajstić information content (AvgIpc) is 2.31. The summed E-state index contributed by atoms with van der Waals surface area (Å²) < 4.78 is 0. The Kier molecular flexibility index (Phi) is 8.54. The minimum atomic E-state index is 0.504. The van der Waals surface area contributed by atoms with Crippen LogP contribution in [0.3, 0.4) is 0 Å². The third-order valence-corrected chi connectivity index (χ3v) is 1.93. The SMILES string of the molecule is CN(C)c1ccc(N)cc1.C[NH2+]/C=C\NCN. The van der Waals surface area contributed by atoms with Crippen LogP contribution in [0.1, 0.15) is 0 Å². The van der Waals surface area contributed by atoms with Gasteiger partial charge in [0.15, 0.2) is 0 Å². The van der Waals surface area contributed by atoms with Crippen LogP contribution in [0, 0.1) is 0 Å². The largest absolute Gasteiger partial charge is 0.399 e. The summed E-state index contributed by atoms with van der Waals surface area (Å²) in [6, 6.07) is 7.79. The number of nitrogens with two attached hydrogens (primary N) is 3. The molecule has 0 atom stereocenters. The fraction of sp³-hybridized carbons (Fsp3) is 0.333. The maximum absolute atomic E-state index is 5.51. The summed E-state index contributed by atoms with van der Waals surface area (Å²) in [5.41, 5.74) is 12.6. The van der Waals surface area contributed by atoms with E-state index in [2.05, 4.69) is 5.32 Å². The molecule has 0 radical (unpaired) electrons. The van der Waals surface area contributed by atoms with Crippen molar-refractivity contribution in [2.24, 2.45) is 5.73 Å². The van der Waals surface area contributed by atoms with Crippen molar-refractivity contribution in [1.29, 1.82) is 0 Å². The zero-order valence-electron chi connectivity index (χ0n) is 10.9. The van der Waals surface area contributed by atoms with Gasteiger partial charge in [-0.3, -0.25) is 0 Å². The van der Waals surface area contributed by atoms with Crippen molar-refractivity contribution >= 4 is 11.4 Å². The van der Waals surface area contributed by atoms with Gasteiger partial charge in [-0.2, -0.15) is 0 Å². The van der Waals surface area contributed by atoms with Gasteiger partial charge in [0.2, 0.25) is 0 Å². The first-order chi connectivity index (χ1) is 8.11. The van der Waals surface area contributed by atoms with E-state index in [0.717, 1.165) is 5.69 Å². The molecule has 17 heavy (non-hydrogen) atoms. The molecule has 1 aromatic carbocycles. The molecule has 7 N–H and O–H groups in total. The van der Waals surface area contributed by atoms with E-state index in [1.54, 1.807) is 6.20 Å². The van der Waals surface area contributed by atoms with E-state index < -0.39 is 0 Å². The lowest BCUT2D eigenvalue weighted by Gasteiger charge is -2.11. The Balaban J connectivity index is 0.000000325. The predicted molar refractivity (Wildman–Crippen MR) is 74.4 cm³/mol. The molecule has 5 heteroatoms. The highest BCUT2D eigenvalue weighted by Crippen LogP contribution is 2.12. The van der Waals surface area contributed by atoms with Gasteiger partial charge in [0, 0.05) is 25.5 Å². The van der Waals surface area contributed by atoms with E-state index in [4.69, 9.17) is 11.5 Å². The number of anilines is 2. The fourth-order valence-electron chi connectivity index (χ4n) is 1.00. The second kappa shape index (κ2) is 9.50. The first-order valence-electron chi connectivity index (χ1n) is 5.52. The highest BCUT2D eigenvalue weighted by Gasteiger charge is 1.91. The van der Waals surface area contributed by atoms with Crippen LogP contribution in [0.5, 0.6) is 0 Å². The summed E-state index contributed by atoms with van der Waals surface area (Å²) in [6.45, 7) is 0.504. The number of hydrogen-bond acceptors (Lipinski definition) is 4. The van der Waals surface area contributed by atoms with E-state index in [9.17, 15) is 0 Å². The second-order valence-electron chi connectivity index (χ2n) is 3.59. The molecule has 0 fully saturated rings. The van der Waals surface area contributed by atoms with Crippen molar-refractivity contribution < 1.29 is 5.32 Å². The van der Waals surface area contributed by atoms with Gasteiger partial charge in [-0.05, 0) is 24.3 Å². The molecule has 5 nitrogen and oxygen atoms in total. The van der Waals surface area contributed by atoms with Gasteiger partial charge >= 0.3 is 0 Å². The third kappa shape index (κ3) is 8.12. The highest BCUT2D eigenvalue weighted by atomic mass is 15.1. The minimum Gasteiger partial charge on any atom is -0.399 e. The van der Waals surface area contributed by atoms with Gasteiger partial charge in [0.05, 0.1) is 19.9 Å². The molecule has 0 saturated heterocycles. The minimum absolute atomic E-state index is 0.504. The van der Waals surface area contributed by atoms with E-state index in [-0.39, 0.29) is 0 Å². The highest BCUT2D eigenvalue weighted by molar-refractivity contribution is 5.51. The van der Waals surface area contributed by atoms with Crippen LogP contribution in [0.2, 0.25) is 0 Å². The molecule has 0 amide bonds. The van der Waals surface area contributed by atoms with Crippen LogP contribution in [-0.4, -0.2) is 27.8 Å². The maximum Gasteiger partial charge on any atom is 0.108 e. The molecular weight excluding hydrogens is 214 g/mol. The maximum atomic E-state index is 5.51. The normalized spacial score (nSPS) is 9.65. The molecular formula is C12H24N5+. The Morgan fingerprint density at radius 3 is 2.29 bits per heavy atom. The molecule has 0 aliphatic rings. The monoisotopic (exact) mass is 238 g/mol. The Labute approximate surface area is 103 Å². The molecule has 0 heterocycles. The van der Waals surface area contributed by atoms with Crippen LogP contribution in [0.4, 0.5) is 11.4 Å². The van der Waals surface area contributed by atoms with E-state index in [0.29, 0.717) is 6.67 Å². The molecule has 0 aliphatic heterocycles. The molecule has 0 unspecified atom stereocenters. The number of nitrogens with zero attached hydrogens (tertiary/aromatic N) is 1. The lowest BCUT2D eigenvalue weighted by molar-refractivity contribution is -0.556. The molecule has 0 spiro atoms. The summed E-state index contributed by atoms with van der Waals surface area (Å²) in [5, 5.41) is 4.75. The number of benzene rings is 1. The van der Waals surface area contributed by atoms with Gasteiger partial charge in [-0.1, -0.05) is 0 Å². The van der Waals surface area contributed by atoms with E-state index >= 15 is 0 Å². The van der Waals surface area contributed by atoms with Crippen LogP contribution in [-0.2, 0) is 0 Å². The van der Waals surface area contributed by atoms with Crippen LogP contribution < -0.4 is 27.0 Å². The first-order valence-corrected chi connectivity index (χ1v) is 5.52. The Bertz CT molecular complexity index is 305. The van der Waals surface area contributed by atoms with Crippen LogP contribution in [0.15, 0.2) is 36.7 Å². The van der Waals surface area contributed by atoms with Crippen molar-refractivity contribution in [3.8, 4) is 0 Å². The molecule has 1 aromatic rings. The van der Waals surface area contributed by atoms with Crippen molar-refractivity contribution in [3.05, 3.63) is 36.7 Å². The zero-order valence-corrected chi connectivity index (χ0v) is 10.9. The number of nitrogen functional groups attached to an aromatic ring is 1. The molecule has 96 valence electrons. The Morgan fingerprint density at radius 2 is 1.88 bits per heavy atom. The van der Waals surface area contributed by atoms with Crippen molar-refractivity contribution in [3.63, 3.8) is 0 Å². The van der Waals surface area contributed by atoms with E-state index in [1.807, 2.05) is 61.8 Å². The molecule has 0 saturated carbocycles. The quantitative estimate of drug-likeness (QED) is 0.420. The van der Waals surface area contributed by atoms with Crippen molar-refractivity contribution in [1.82, 2.24) is 5.32 Å². The summed E-state index contributed by atoms with van der Waals surface area (Å²) in [5.74, 6) is 0. The van der Waals surface area contributed by atoms with E-state index in [1.165, 1.54) is 5.69 Å². The van der Waals surface area contributed by atoms with Gasteiger partial charge in [0.1, 0.15) is 6.20 Å². The summed E-state index contributed by atoms with van der Waals surface area (Å²) in [6.07, 6.45) is 3.70. The lowest BCUT2D eigenvalue weighted by atomic mass is 10.3. The van der Waals surface area contributed by atoms with Gasteiger partial charge in [-0.25, -0.2) is 0 Å². The Hall–Kier alpha value is -1.72. The van der Waals surface area contributed by atoms with Gasteiger partial charge in [-0.15, -0.1) is 0 Å². The topological polar surface area (TPSA) is 83.9 Å². The average molecular weight is 238 g/mol. The van der Waals surface area contributed by atoms with Crippen molar-refractivity contribution in [2.75, 3.05) is 38.4 Å². The number of rotatable bonds is 4. The number of quaternary nitrogens is 1. The van der Waals surface area contributed by atoms with Crippen LogP contribution in [0.25, 0.3) is 0 Å². The fourth-order valence-corrected chi connectivity index (χ4v) is 1.00. The van der Waals surface area contributed by atoms with Gasteiger partial charge in [0.25, 0.3) is 0 Å². The first kappa shape index (κ1) is 15.3. The predicted octanol–water partition coefficient (Wildman–Crippen LogP) is -0.509. The third-order valence-electron chi connectivity index (χ3n) is 1.93. The molecule has 0 aliphatic carbocycles. The number of hydrogen-bond donors (Lipinski definition) is 4. The molecule has 0 aromatic heterocycles. The van der Waals surface area contributed by atoms with Crippen LogP contribution >= 0.6 is 0 Å².